The second-order valence-corrected chi connectivity index (χ2v) is 3.91. The van der Waals surface area contributed by atoms with Crippen LogP contribution in [0.2, 0.25) is 0 Å². The van der Waals surface area contributed by atoms with Crippen LogP contribution in [0.25, 0.3) is 0 Å². The maximum absolute atomic E-state index is 11.1. The zero-order valence-corrected chi connectivity index (χ0v) is 8.76. The molecule has 0 rings (SSSR count). The first-order valence-electron chi connectivity index (χ1n) is 3.51. The largest absolute Gasteiger partial charge is 0.432 e. The monoisotopic (exact) mass is 177 g/mol. The number of amides is 1. The minimum absolute atomic E-state index is 0.156. The predicted octanol–water partition coefficient (Wildman–Crippen LogP) is 2.08. The summed E-state index contributed by atoms with van der Waals surface area (Å²) in [6, 6.07) is 0. The lowest BCUT2D eigenvalue weighted by Gasteiger charge is -2.30. The molecule has 0 aliphatic carbocycles. The van der Waals surface area contributed by atoms with Crippen LogP contribution in [0.3, 0.4) is 0 Å². The summed E-state index contributed by atoms with van der Waals surface area (Å²) in [6.07, 6.45) is -0.252. The number of nitrogens with zero attached hydrogens (tertiary/aromatic N) is 1. The van der Waals surface area contributed by atoms with Gasteiger partial charge in [0.1, 0.15) is 0 Å². The number of hydrogen-bond acceptors (Lipinski definition) is 2. The zero-order valence-electron chi connectivity index (χ0n) is 7.76. The summed E-state index contributed by atoms with van der Waals surface area (Å²) >= 11 is 0. The summed E-state index contributed by atoms with van der Waals surface area (Å²) in [5.41, 5.74) is -0.156. The van der Waals surface area contributed by atoms with Crippen LogP contribution >= 0.6 is 8.81 Å². The molecular weight excluding hydrogens is 161 g/mol. The normalized spacial score (nSPS) is 12.1. The number of hydrogen-bond donors (Lipinski definition) is 0. The molecule has 1 unspecified atom stereocenters. The molecule has 0 aliphatic rings. The summed E-state index contributed by atoms with van der Waals surface area (Å²) in [5, 5.41) is 0. The van der Waals surface area contributed by atoms with Gasteiger partial charge in [0.25, 0.3) is 0 Å². The van der Waals surface area contributed by atoms with E-state index in [0.717, 1.165) is 0 Å². The fraction of sp³-hybridized carbons (Fsp3) is 0.857. The van der Waals surface area contributed by atoms with Crippen LogP contribution in [0, 0.1) is 0 Å². The van der Waals surface area contributed by atoms with Crippen molar-refractivity contribution in [2.75, 3.05) is 13.7 Å². The molecule has 0 saturated carbocycles. The van der Waals surface area contributed by atoms with Crippen LogP contribution < -0.4 is 0 Å². The van der Waals surface area contributed by atoms with E-state index in [0.29, 0.717) is 0 Å². The molecule has 0 fully saturated rings. The molecule has 3 nitrogen and oxygen atoms in total. The Bertz CT molecular complexity index is 142. The number of carbonyl (C=O) groups is 1. The number of carbonyl (C=O) groups excluding carboxylic acids is 1. The molecule has 1 amide bonds. The van der Waals surface area contributed by atoms with Gasteiger partial charge in [-0.3, -0.25) is 0 Å². The van der Waals surface area contributed by atoms with Gasteiger partial charge in [-0.05, 0) is 27.4 Å². The highest BCUT2D eigenvalue weighted by Crippen LogP contribution is 2.15. The van der Waals surface area contributed by atoms with Crippen LogP contribution in [0.1, 0.15) is 20.8 Å². The minimum Gasteiger partial charge on any atom is -0.432 e. The van der Waals surface area contributed by atoms with E-state index in [1.54, 1.807) is 11.9 Å². The van der Waals surface area contributed by atoms with E-state index in [9.17, 15) is 4.79 Å². The van der Waals surface area contributed by atoms with Crippen molar-refractivity contribution in [2.45, 2.75) is 26.3 Å². The lowest BCUT2D eigenvalue weighted by molar-refractivity contribution is 0.130. The summed E-state index contributed by atoms with van der Waals surface area (Å²) in [7, 11) is 1.96. The molecule has 0 aromatic rings. The Kier molecular flexibility index (Phi) is 3.81. The fourth-order valence-electron chi connectivity index (χ4n) is 0.430. The molecule has 0 bridgehead atoms. The fourth-order valence-corrected chi connectivity index (χ4v) is 0.741. The van der Waals surface area contributed by atoms with Gasteiger partial charge < -0.3 is 9.42 Å². The molecule has 0 aromatic carbocycles. The maximum Gasteiger partial charge on any atom is 0.412 e. The molecule has 0 aromatic heterocycles. The second kappa shape index (κ2) is 3.91. The van der Waals surface area contributed by atoms with Crippen LogP contribution in [0.15, 0.2) is 0 Å². The summed E-state index contributed by atoms with van der Waals surface area (Å²) in [4.78, 5) is 12.7. The second-order valence-electron chi connectivity index (χ2n) is 3.30. The molecule has 66 valence electrons. The quantitative estimate of drug-likeness (QED) is 0.574. The third-order valence-electron chi connectivity index (χ3n) is 1.47. The Morgan fingerprint density at radius 2 is 1.91 bits per heavy atom. The first-order chi connectivity index (χ1) is 4.89. The van der Waals surface area contributed by atoms with Crippen LogP contribution in [-0.2, 0) is 4.52 Å². The van der Waals surface area contributed by atoms with Crippen molar-refractivity contribution in [1.82, 2.24) is 4.90 Å². The van der Waals surface area contributed by atoms with Gasteiger partial charge in [-0.15, -0.1) is 0 Å². The molecule has 11 heavy (non-hydrogen) atoms. The Labute approximate surface area is 70.0 Å². The summed E-state index contributed by atoms with van der Waals surface area (Å²) < 4.78 is 4.84. The SMILES string of the molecule is CPOC(=O)N(C)C(C)(C)C. The molecule has 0 aliphatic heterocycles. The minimum atomic E-state index is -0.252. The molecule has 4 heteroatoms. The van der Waals surface area contributed by atoms with Crippen LogP contribution in [0.4, 0.5) is 4.79 Å². The Hall–Kier alpha value is -0.300. The highest BCUT2D eigenvalue weighted by atomic mass is 31.1. The maximum atomic E-state index is 11.1. The third kappa shape index (κ3) is 3.57. The Morgan fingerprint density at radius 3 is 2.18 bits per heavy atom. The molecule has 0 heterocycles. The van der Waals surface area contributed by atoms with Gasteiger partial charge in [0.05, 0.1) is 8.81 Å². The van der Waals surface area contributed by atoms with Crippen molar-refractivity contribution >= 4 is 14.9 Å². The Balaban J connectivity index is 4.03. The van der Waals surface area contributed by atoms with E-state index in [-0.39, 0.29) is 20.4 Å². The number of rotatable bonds is 1. The van der Waals surface area contributed by atoms with Crippen molar-refractivity contribution in [1.29, 1.82) is 0 Å². The van der Waals surface area contributed by atoms with E-state index in [1.807, 2.05) is 27.4 Å². The average Bonchev–Trinajstić information content (AvgIpc) is 1.85. The van der Waals surface area contributed by atoms with Gasteiger partial charge in [-0.2, -0.15) is 0 Å². The van der Waals surface area contributed by atoms with Gasteiger partial charge in [0.2, 0.25) is 0 Å². The van der Waals surface area contributed by atoms with Crippen molar-refractivity contribution in [2.24, 2.45) is 0 Å². The van der Waals surface area contributed by atoms with Crippen molar-refractivity contribution in [3.05, 3.63) is 0 Å². The molecule has 0 saturated heterocycles. The van der Waals surface area contributed by atoms with Gasteiger partial charge in [0.15, 0.2) is 0 Å². The molecule has 1 atom stereocenters. The smallest absolute Gasteiger partial charge is 0.412 e. The topological polar surface area (TPSA) is 29.5 Å². The van der Waals surface area contributed by atoms with Gasteiger partial charge >= 0.3 is 6.09 Å². The van der Waals surface area contributed by atoms with Gasteiger partial charge in [0, 0.05) is 12.6 Å². The predicted molar refractivity (Wildman–Crippen MR) is 48.2 cm³/mol. The van der Waals surface area contributed by atoms with E-state index >= 15 is 0 Å². The third-order valence-corrected chi connectivity index (χ3v) is 1.85. The summed E-state index contributed by atoms with van der Waals surface area (Å²) in [5.74, 6) is 0. The van der Waals surface area contributed by atoms with E-state index in [2.05, 4.69) is 0 Å². The van der Waals surface area contributed by atoms with Crippen molar-refractivity contribution < 1.29 is 9.32 Å². The highest BCUT2D eigenvalue weighted by Gasteiger charge is 2.22. The lowest BCUT2D eigenvalue weighted by atomic mass is 10.1. The van der Waals surface area contributed by atoms with Crippen molar-refractivity contribution in [3.8, 4) is 0 Å². The van der Waals surface area contributed by atoms with E-state index in [4.69, 9.17) is 4.52 Å². The first-order valence-corrected chi connectivity index (χ1v) is 4.92. The lowest BCUT2D eigenvalue weighted by Crippen LogP contribution is -2.41. The molecule has 0 N–H and O–H groups in total. The Morgan fingerprint density at radius 1 is 1.45 bits per heavy atom. The highest BCUT2D eigenvalue weighted by molar-refractivity contribution is 7.31. The van der Waals surface area contributed by atoms with E-state index in [1.165, 1.54) is 0 Å². The van der Waals surface area contributed by atoms with Crippen LogP contribution in [-0.4, -0.2) is 30.2 Å². The standard InChI is InChI=1S/C7H16NO2P/c1-7(2,3)8(4)6(9)10-11-5/h11H,1-5H3. The van der Waals surface area contributed by atoms with Gasteiger partial charge in [-0.25, -0.2) is 4.79 Å². The molecule has 0 spiro atoms. The zero-order chi connectivity index (χ0) is 9.07. The molecule has 0 radical (unpaired) electrons. The van der Waals surface area contributed by atoms with Gasteiger partial charge in [-0.1, -0.05) is 0 Å². The average molecular weight is 177 g/mol. The van der Waals surface area contributed by atoms with E-state index < -0.39 is 0 Å². The first kappa shape index (κ1) is 10.7. The molecular formula is C7H16NO2P. The van der Waals surface area contributed by atoms with Crippen LogP contribution in [0.5, 0.6) is 0 Å². The van der Waals surface area contributed by atoms with Crippen molar-refractivity contribution in [3.63, 3.8) is 0 Å². The summed E-state index contributed by atoms with van der Waals surface area (Å²) in [6.45, 7) is 7.72.